The minimum absolute atomic E-state index is 0.0695. The molecule has 106 valence electrons. The molecule has 1 atom stereocenters. The van der Waals surface area contributed by atoms with Crippen LogP contribution < -0.4 is 5.73 Å². The van der Waals surface area contributed by atoms with Gasteiger partial charge in [-0.3, -0.25) is 0 Å². The highest BCUT2D eigenvalue weighted by molar-refractivity contribution is 5.78. The average Bonchev–Trinajstić information content (AvgIpc) is 2.31. The maximum atomic E-state index is 11.2. The van der Waals surface area contributed by atoms with Crippen molar-refractivity contribution < 1.29 is 24.9 Å². The van der Waals surface area contributed by atoms with Crippen molar-refractivity contribution in [1.82, 2.24) is 0 Å². The van der Waals surface area contributed by atoms with Crippen LogP contribution in [-0.4, -0.2) is 40.2 Å². The van der Waals surface area contributed by atoms with Crippen LogP contribution in [-0.2, 0) is 16.0 Å². The third kappa shape index (κ3) is 3.23. The monoisotopic (exact) mass is 269 g/mol. The first-order valence-electron chi connectivity index (χ1n) is 5.78. The van der Waals surface area contributed by atoms with Gasteiger partial charge in [-0.1, -0.05) is 0 Å². The smallest absolute Gasteiger partial charge is 0.367 e. The first kappa shape index (κ1) is 15.4. The zero-order valence-electron chi connectivity index (χ0n) is 11.2. The lowest BCUT2D eigenvalue weighted by atomic mass is 9.93. The van der Waals surface area contributed by atoms with Crippen LogP contribution >= 0.6 is 0 Å². The molecule has 0 fully saturated rings. The van der Waals surface area contributed by atoms with E-state index < -0.39 is 17.8 Å². The second-order valence-electron chi connectivity index (χ2n) is 4.59. The van der Waals surface area contributed by atoms with E-state index in [0.29, 0.717) is 0 Å². The number of esters is 1. The van der Waals surface area contributed by atoms with E-state index in [1.807, 2.05) is 0 Å². The molecule has 0 radical (unpaired) electrons. The molecule has 5 N–H and O–H groups in total. The average molecular weight is 269 g/mol. The van der Waals surface area contributed by atoms with Crippen LogP contribution in [0.25, 0.3) is 0 Å². The van der Waals surface area contributed by atoms with Crippen molar-refractivity contribution >= 4 is 5.97 Å². The van der Waals surface area contributed by atoms with Gasteiger partial charge in [-0.2, -0.15) is 0 Å². The maximum Gasteiger partial charge on any atom is 0.367 e. The van der Waals surface area contributed by atoms with Gasteiger partial charge in [-0.25, -0.2) is 4.79 Å². The molecule has 0 aliphatic heterocycles. The number of phenolic OH excluding ortho intramolecular Hbond substituents is 1. The summed E-state index contributed by atoms with van der Waals surface area (Å²) < 4.78 is 4.29. The van der Waals surface area contributed by atoms with Gasteiger partial charge in [-0.15, -0.1) is 0 Å². The molecule has 0 unspecified atom stereocenters. The van der Waals surface area contributed by atoms with E-state index in [9.17, 15) is 20.1 Å². The summed E-state index contributed by atoms with van der Waals surface area (Å²) in [6, 6.07) is 1.86. The molecule has 0 saturated carbocycles. The van der Waals surface area contributed by atoms with Crippen LogP contribution in [0, 0.1) is 13.8 Å². The Labute approximate surface area is 111 Å². The number of aryl methyl sites for hydroxylation is 2. The number of methoxy groups -OCH3 is 1. The summed E-state index contributed by atoms with van der Waals surface area (Å²) in [5.74, 6) is -3.82. The van der Waals surface area contributed by atoms with Gasteiger partial charge >= 0.3 is 5.97 Å². The molecule has 6 heteroatoms. The summed E-state index contributed by atoms with van der Waals surface area (Å²) in [5.41, 5.74) is 7.94. The topological polar surface area (TPSA) is 113 Å². The number of benzene rings is 1. The Balaban J connectivity index is 3.00. The number of ether oxygens (including phenoxy) is 1. The van der Waals surface area contributed by atoms with Crippen LogP contribution in [0.4, 0.5) is 0 Å². The number of hydrogen-bond acceptors (Lipinski definition) is 6. The van der Waals surface area contributed by atoms with E-state index in [1.165, 1.54) is 0 Å². The third-order valence-electron chi connectivity index (χ3n) is 3.11. The Hall–Kier alpha value is -1.63. The van der Waals surface area contributed by atoms with Crippen molar-refractivity contribution in [1.29, 1.82) is 0 Å². The van der Waals surface area contributed by atoms with E-state index in [0.717, 1.165) is 23.8 Å². The number of phenols is 1. The van der Waals surface area contributed by atoms with E-state index >= 15 is 0 Å². The Kier molecular flexibility index (Phi) is 4.52. The summed E-state index contributed by atoms with van der Waals surface area (Å²) in [6.07, 6.45) is 0.0695. The molecular weight excluding hydrogens is 250 g/mol. The first-order chi connectivity index (χ1) is 8.70. The molecule has 1 rings (SSSR count). The number of nitrogens with two attached hydrogens (primary N) is 1. The van der Waals surface area contributed by atoms with Crippen molar-refractivity contribution in [3.8, 4) is 5.75 Å². The fraction of sp³-hybridized carbons (Fsp3) is 0.462. The van der Waals surface area contributed by atoms with Crippen molar-refractivity contribution in [2.45, 2.75) is 32.1 Å². The van der Waals surface area contributed by atoms with Gasteiger partial charge in [0.1, 0.15) is 5.75 Å². The fourth-order valence-corrected chi connectivity index (χ4v) is 1.96. The number of aliphatic hydroxyl groups is 2. The fourth-order valence-electron chi connectivity index (χ4n) is 1.96. The van der Waals surface area contributed by atoms with E-state index in [4.69, 9.17) is 5.73 Å². The molecule has 19 heavy (non-hydrogen) atoms. The van der Waals surface area contributed by atoms with Gasteiger partial charge in [0.25, 0.3) is 5.79 Å². The van der Waals surface area contributed by atoms with Crippen LogP contribution in [0.15, 0.2) is 12.1 Å². The largest absolute Gasteiger partial charge is 0.508 e. The third-order valence-corrected chi connectivity index (χ3v) is 3.11. The minimum atomic E-state index is -2.74. The molecule has 0 heterocycles. The van der Waals surface area contributed by atoms with Gasteiger partial charge < -0.3 is 25.8 Å². The first-order valence-corrected chi connectivity index (χ1v) is 5.78. The van der Waals surface area contributed by atoms with Gasteiger partial charge in [0.15, 0.2) is 0 Å². The van der Waals surface area contributed by atoms with E-state index in [1.54, 1.807) is 26.0 Å². The standard InChI is InChI=1S/C13H19NO5/c1-7-4-9(15)5-8(2)10(7)6-11(14)13(17,18)12(16)19-3/h4-5,11,15,17-18H,6,14H2,1-3H3/t11-/m0/s1. The second-order valence-corrected chi connectivity index (χ2v) is 4.59. The van der Waals surface area contributed by atoms with Crippen LogP contribution in [0.2, 0.25) is 0 Å². The van der Waals surface area contributed by atoms with Crippen LogP contribution in [0.1, 0.15) is 16.7 Å². The lowest BCUT2D eigenvalue weighted by Crippen LogP contribution is -2.55. The molecule has 0 saturated heterocycles. The van der Waals surface area contributed by atoms with Crippen molar-refractivity contribution in [2.24, 2.45) is 5.73 Å². The highest BCUT2D eigenvalue weighted by atomic mass is 16.6. The van der Waals surface area contributed by atoms with Crippen molar-refractivity contribution in [3.63, 3.8) is 0 Å². The maximum absolute atomic E-state index is 11.2. The highest BCUT2D eigenvalue weighted by Crippen LogP contribution is 2.23. The van der Waals surface area contributed by atoms with Gasteiger partial charge in [0.05, 0.1) is 13.2 Å². The number of carbonyl (C=O) groups excluding carboxylic acids is 1. The molecule has 1 aromatic rings. The Morgan fingerprint density at radius 1 is 1.37 bits per heavy atom. The Morgan fingerprint density at radius 3 is 2.26 bits per heavy atom. The zero-order valence-corrected chi connectivity index (χ0v) is 11.2. The number of hydrogen-bond donors (Lipinski definition) is 4. The number of aromatic hydroxyl groups is 1. The predicted molar refractivity (Wildman–Crippen MR) is 68.4 cm³/mol. The summed E-state index contributed by atoms with van der Waals surface area (Å²) in [5, 5.41) is 28.7. The normalized spacial score (nSPS) is 13.2. The Morgan fingerprint density at radius 2 is 1.84 bits per heavy atom. The molecule has 0 aliphatic carbocycles. The van der Waals surface area contributed by atoms with Crippen molar-refractivity contribution in [2.75, 3.05) is 7.11 Å². The summed E-state index contributed by atoms with van der Waals surface area (Å²) >= 11 is 0. The molecule has 0 bridgehead atoms. The number of carbonyl (C=O) groups is 1. The van der Waals surface area contributed by atoms with Crippen LogP contribution in [0.5, 0.6) is 5.75 Å². The number of rotatable bonds is 4. The zero-order chi connectivity index (χ0) is 14.8. The summed E-state index contributed by atoms with van der Waals surface area (Å²) in [7, 11) is 1.05. The molecule has 0 spiro atoms. The molecule has 1 aromatic carbocycles. The predicted octanol–water partition coefficient (Wildman–Crippen LogP) is -0.267. The highest BCUT2D eigenvalue weighted by Gasteiger charge is 2.41. The SMILES string of the molecule is COC(=O)C(O)(O)[C@@H](N)Cc1c(C)cc(O)cc1C. The summed E-state index contributed by atoms with van der Waals surface area (Å²) in [6.45, 7) is 3.53. The van der Waals surface area contributed by atoms with Gasteiger partial charge in [-0.05, 0) is 49.1 Å². The van der Waals surface area contributed by atoms with Crippen LogP contribution in [0.3, 0.4) is 0 Å². The Bertz CT molecular complexity index is 461. The molecule has 0 amide bonds. The lowest BCUT2D eigenvalue weighted by molar-refractivity contribution is -0.213. The molecule has 0 aliphatic rings. The molecule has 6 nitrogen and oxygen atoms in total. The van der Waals surface area contributed by atoms with Gasteiger partial charge in [0.2, 0.25) is 0 Å². The second kappa shape index (κ2) is 5.56. The molecular formula is C13H19NO5. The van der Waals surface area contributed by atoms with Crippen molar-refractivity contribution in [3.05, 3.63) is 28.8 Å². The van der Waals surface area contributed by atoms with E-state index in [-0.39, 0.29) is 12.2 Å². The summed E-state index contributed by atoms with van der Waals surface area (Å²) in [4.78, 5) is 11.2. The van der Waals surface area contributed by atoms with E-state index in [2.05, 4.69) is 4.74 Å². The molecule has 0 aromatic heterocycles. The van der Waals surface area contributed by atoms with Gasteiger partial charge in [0, 0.05) is 0 Å². The quantitative estimate of drug-likeness (QED) is 0.442. The lowest BCUT2D eigenvalue weighted by Gasteiger charge is -2.26. The minimum Gasteiger partial charge on any atom is -0.508 e.